The van der Waals surface area contributed by atoms with Crippen LogP contribution in [0.2, 0.25) is 0 Å². The van der Waals surface area contributed by atoms with Gasteiger partial charge in [-0.3, -0.25) is 0 Å². The molecule has 2 aliphatic rings. The van der Waals surface area contributed by atoms with Crippen LogP contribution >= 0.6 is 15.9 Å². The number of carbonyl (C=O) groups is 1. The van der Waals surface area contributed by atoms with Gasteiger partial charge in [-0.1, -0.05) is 94.8 Å². The Morgan fingerprint density at radius 3 is 2.14 bits per heavy atom. The Labute approximate surface area is 217 Å². The van der Waals surface area contributed by atoms with E-state index in [9.17, 15) is 4.79 Å². The fraction of sp³-hybridized carbons (Fsp3) is 0.100. The molecule has 0 radical (unpaired) electrons. The lowest BCUT2D eigenvalue weighted by Gasteiger charge is -2.10. The van der Waals surface area contributed by atoms with Crippen LogP contribution in [-0.4, -0.2) is 25.4 Å². The van der Waals surface area contributed by atoms with Crippen molar-refractivity contribution in [2.24, 2.45) is 0 Å². The van der Waals surface area contributed by atoms with Crippen LogP contribution in [0.15, 0.2) is 108 Å². The van der Waals surface area contributed by atoms with Gasteiger partial charge in [0.25, 0.3) is 0 Å². The third-order valence-corrected chi connectivity index (χ3v) is 7.52. The van der Waals surface area contributed by atoms with Gasteiger partial charge in [-0.05, 0) is 22.8 Å². The van der Waals surface area contributed by atoms with E-state index >= 15 is 0 Å². The van der Waals surface area contributed by atoms with E-state index < -0.39 is 0 Å². The van der Waals surface area contributed by atoms with Gasteiger partial charge in [-0.2, -0.15) is 0 Å². The quantitative estimate of drug-likeness (QED) is 0.234. The molecule has 0 amide bonds. The molecule has 6 heteroatoms. The van der Waals surface area contributed by atoms with Gasteiger partial charge in [0.1, 0.15) is 6.29 Å². The van der Waals surface area contributed by atoms with Crippen LogP contribution in [0.4, 0.5) is 0 Å². The second-order valence-electron chi connectivity index (χ2n) is 8.79. The largest absolute Gasteiger partial charge is 0.323 e. The molecular weight excluding hydrogens is 512 g/mol. The van der Waals surface area contributed by atoms with E-state index in [0.717, 1.165) is 16.5 Å². The first-order valence-electron chi connectivity index (χ1n) is 11.8. The van der Waals surface area contributed by atoms with Crippen molar-refractivity contribution in [3.63, 3.8) is 0 Å². The second kappa shape index (κ2) is 9.55. The van der Waals surface area contributed by atoms with E-state index in [-0.39, 0.29) is 12.1 Å². The van der Waals surface area contributed by atoms with Crippen molar-refractivity contribution in [3.05, 3.63) is 125 Å². The molecule has 0 saturated carbocycles. The highest BCUT2D eigenvalue weighted by Crippen LogP contribution is 2.41. The second-order valence-corrected chi connectivity index (χ2v) is 9.64. The number of halogens is 1. The number of fused-ring (bicyclic) bond motifs is 6. The summed E-state index contributed by atoms with van der Waals surface area (Å²) in [6.45, 7) is 0. The number of nitrogens with zero attached hydrogens (tertiary/aromatic N) is 4. The van der Waals surface area contributed by atoms with Crippen molar-refractivity contribution in [1.29, 1.82) is 0 Å². The number of imidazole rings is 2. The first-order chi connectivity index (χ1) is 17.8. The van der Waals surface area contributed by atoms with Crippen LogP contribution in [0, 0.1) is 0 Å². The lowest BCUT2D eigenvalue weighted by molar-refractivity contribution is -0.108. The van der Waals surface area contributed by atoms with E-state index in [0.29, 0.717) is 6.42 Å². The molecule has 0 bridgehead atoms. The van der Waals surface area contributed by atoms with Crippen LogP contribution in [-0.2, 0) is 4.79 Å². The standard InChI is InChI=1S/C18H13BrN2.C12H10N2O/c19-16-8-4-1-5-13(16)9-10-17-14-6-2-3-7-15(14)18-11-20-12-21(17)18;15-6-5-11-9-3-1-2-4-10(9)12-7-13-8-14(11)12/h1-12,17H;1-4,6-8,11H,5H2/b10-9+;. The van der Waals surface area contributed by atoms with Crippen LogP contribution in [0.3, 0.4) is 0 Å². The van der Waals surface area contributed by atoms with Gasteiger partial charge in [-0.25, -0.2) is 9.97 Å². The summed E-state index contributed by atoms with van der Waals surface area (Å²) < 4.78 is 5.40. The van der Waals surface area contributed by atoms with Gasteiger partial charge >= 0.3 is 0 Å². The summed E-state index contributed by atoms with van der Waals surface area (Å²) in [6.07, 6.45) is 13.4. The maximum absolute atomic E-state index is 10.7. The maximum atomic E-state index is 10.7. The Kier molecular flexibility index (Phi) is 5.95. The number of allylic oxidation sites excluding steroid dienone is 1. The molecule has 36 heavy (non-hydrogen) atoms. The molecule has 5 aromatic rings. The van der Waals surface area contributed by atoms with Gasteiger partial charge in [0.05, 0.1) is 48.5 Å². The number of carbonyl (C=O) groups excluding carboxylic acids is 1. The predicted octanol–water partition coefficient (Wildman–Crippen LogP) is 6.97. The first-order valence-corrected chi connectivity index (χ1v) is 12.6. The van der Waals surface area contributed by atoms with Crippen molar-refractivity contribution < 1.29 is 4.79 Å². The van der Waals surface area contributed by atoms with Crippen LogP contribution < -0.4 is 0 Å². The Bertz CT molecular complexity index is 1580. The molecule has 5 nitrogen and oxygen atoms in total. The molecule has 0 fully saturated rings. The summed E-state index contributed by atoms with van der Waals surface area (Å²) in [5.41, 5.74) is 8.51. The number of aldehydes is 1. The highest BCUT2D eigenvalue weighted by Gasteiger charge is 2.27. The fourth-order valence-electron chi connectivity index (χ4n) is 5.14. The highest BCUT2D eigenvalue weighted by molar-refractivity contribution is 9.10. The molecule has 7 rings (SSSR count). The fourth-order valence-corrected chi connectivity index (χ4v) is 5.56. The number of hydrogen-bond donors (Lipinski definition) is 0. The van der Waals surface area contributed by atoms with Crippen LogP contribution in [0.25, 0.3) is 28.6 Å². The zero-order chi connectivity index (χ0) is 24.5. The summed E-state index contributed by atoms with van der Waals surface area (Å²) >= 11 is 3.59. The predicted molar refractivity (Wildman–Crippen MR) is 145 cm³/mol. The Morgan fingerprint density at radius 2 is 1.39 bits per heavy atom. The molecule has 2 aromatic heterocycles. The smallest absolute Gasteiger partial charge is 0.122 e. The summed E-state index contributed by atoms with van der Waals surface area (Å²) in [5.74, 6) is 0. The normalized spacial score (nSPS) is 16.6. The van der Waals surface area contributed by atoms with Crippen molar-refractivity contribution in [3.8, 4) is 22.5 Å². The summed E-state index contributed by atoms with van der Waals surface area (Å²) in [6, 6.07) is 25.3. The maximum Gasteiger partial charge on any atom is 0.122 e. The van der Waals surface area contributed by atoms with Gasteiger partial charge in [0.15, 0.2) is 0 Å². The molecule has 2 unspecified atom stereocenters. The monoisotopic (exact) mass is 534 g/mol. The molecule has 2 atom stereocenters. The zero-order valence-corrected chi connectivity index (χ0v) is 21.0. The number of rotatable bonds is 4. The molecule has 3 aromatic carbocycles. The third kappa shape index (κ3) is 3.84. The van der Waals surface area contributed by atoms with Gasteiger partial charge in [0, 0.05) is 22.0 Å². The van der Waals surface area contributed by atoms with E-state index in [1.807, 2.05) is 36.9 Å². The first kappa shape index (κ1) is 22.4. The van der Waals surface area contributed by atoms with Gasteiger partial charge in [0.2, 0.25) is 0 Å². The lowest BCUT2D eigenvalue weighted by Crippen LogP contribution is -2.04. The number of hydrogen-bond acceptors (Lipinski definition) is 3. The average molecular weight is 535 g/mol. The summed E-state index contributed by atoms with van der Waals surface area (Å²) in [7, 11) is 0. The highest BCUT2D eigenvalue weighted by atomic mass is 79.9. The number of aromatic nitrogens is 4. The molecule has 0 aliphatic carbocycles. The van der Waals surface area contributed by atoms with E-state index in [2.05, 4.69) is 102 Å². The van der Waals surface area contributed by atoms with Gasteiger partial charge in [-0.15, -0.1) is 0 Å². The minimum atomic E-state index is 0.135. The van der Waals surface area contributed by atoms with Crippen molar-refractivity contribution in [2.75, 3.05) is 0 Å². The summed E-state index contributed by atoms with van der Waals surface area (Å²) in [4.78, 5) is 19.1. The SMILES string of the molecule is Brc1ccccc1/C=C/C1c2ccccc2-c2cncn21.O=CCC1c2ccccc2-c2cncn21. The summed E-state index contributed by atoms with van der Waals surface area (Å²) in [5, 5.41) is 0. The number of benzene rings is 3. The molecule has 4 heterocycles. The van der Waals surface area contributed by atoms with Crippen molar-refractivity contribution >= 4 is 28.3 Å². The molecule has 0 N–H and O–H groups in total. The van der Waals surface area contributed by atoms with E-state index in [1.54, 1.807) is 6.33 Å². The molecule has 0 spiro atoms. The lowest BCUT2D eigenvalue weighted by atomic mass is 10.0. The van der Waals surface area contributed by atoms with Crippen molar-refractivity contribution in [2.45, 2.75) is 18.5 Å². The topological polar surface area (TPSA) is 52.7 Å². The minimum absolute atomic E-state index is 0.135. The third-order valence-electron chi connectivity index (χ3n) is 6.80. The average Bonchev–Trinajstić information content (AvgIpc) is 3.68. The van der Waals surface area contributed by atoms with E-state index in [1.165, 1.54) is 33.5 Å². The van der Waals surface area contributed by atoms with Crippen LogP contribution in [0.5, 0.6) is 0 Å². The Hall–Kier alpha value is -4.03. The Balaban J connectivity index is 0.000000141. The van der Waals surface area contributed by atoms with Crippen molar-refractivity contribution in [1.82, 2.24) is 19.1 Å². The van der Waals surface area contributed by atoms with Gasteiger partial charge < -0.3 is 13.9 Å². The minimum Gasteiger partial charge on any atom is -0.323 e. The Morgan fingerprint density at radius 1 is 0.778 bits per heavy atom. The van der Waals surface area contributed by atoms with Crippen LogP contribution in [0.1, 0.15) is 35.2 Å². The zero-order valence-electron chi connectivity index (χ0n) is 19.4. The van der Waals surface area contributed by atoms with E-state index in [4.69, 9.17) is 0 Å². The molecular formula is C30H23BrN4O. The molecule has 176 valence electrons. The molecule has 2 aliphatic heterocycles. The molecule has 0 saturated heterocycles.